The maximum absolute atomic E-state index is 12.1. The van der Waals surface area contributed by atoms with E-state index < -0.39 is 0 Å². The molecule has 0 spiro atoms. The van der Waals surface area contributed by atoms with Crippen LogP contribution in [0.25, 0.3) is 0 Å². The van der Waals surface area contributed by atoms with Gasteiger partial charge >= 0.3 is 0 Å². The van der Waals surface area contributed by atoms with Gasteiger partial charge in [0.2, 0.25) is 0 Å². The molecule has 3 nitrogen and oxygen atoms in total. The van der Waals surface area contributed by atoms with Crippen molar-refractivity contribution in [3.63, 3.8) is 0 Å². The smallest absolute Gasteiger partial charge is 0.255 e. The number of nitrogens with one attached hydrogen (secondary N) is 1. The average molecular weight is 294 g/mol. The van der Waals surface area contributed by atoms with Crippen molar-refractivity contribution in [1.29, 1.82) is 0 Å². The highest BCUT2D eigenvalue weighted by atomic mass is 16.1. The zero-order chi connectivity index (χ0) is 15.4. The Morgan fingerprint density at radius 1 is 1.09 bits per heavy atom. The summed E-state index contributed by atoms with van der Waals surface area (Å²) in [6.45, 7) is 2.32. The van der Waals surface area contributed by atoms with Crippen LogP contribution in [0.15, 0.2) is 54.6 Å². The van der Waals surface area contributed by atoms with E-state index in [0.717, 1.165) is 12.2 Å². The first-order valence-corrected chi connectivity index (χ1v) is 7.87. The summed E-state index contributed by atoms with van der Waals surface area (Å²) in [5.41, 5.74) is 2.89. The fourth-order valence-electron chi connectivity index (χ4n) is 3.07. The minimum absolute atomic E-state index is 0.0641. The van der Waals surface area contributed by atoms with Gasteiger partial charge in [0, 0.05) is 17.8 Å². The Kier molecular flexibility index (Phi) is 4.54. The van der Waals surface area contributed by atoms with Gasteiger partial charge in [-0.3, -0.25) is 4.79 Å². The molecule has 0 bridgehead atoms. The molecule has 1 aliphatic rings. The topological polar surface area (TPSA) is 32.3 Å². The summed E-state index contributed by atoms with van der Waals surface area (Å²) >= 11 is 0. The lowest BCUT2D eigenvalue weighted by Crippen LogP contribution is -2.30. The molecule has 2 aromatic rings. The van der Waals surface area contributed by atoms with E-state index in [0.29, 0.717) is 11.5 Å². The van der Waals surface area contributed by atoms with Crippen molar-refractivity contribution in [2.75, 3.05) is 25.5 Å². The van der Waals surface area contributed by atoms with Crippen LogP contribution in [0.3, 0.4) is 0 Å². The number of piperidine rings is 1. The summed E-state index contributed by atoms with van der Waals surface area (Å²) in [7, 11) is 2.18. The zero-order valence-electron chi connectivity index (χ0n) is 13.0. The number of nitrogens with zero attached hydrogens (tertiary/aromatic N) is 1. The van der Waals surface area contributed by atoms with Crippen molar-refractivity contribution in [3.05, 3.63) is 65.7 Å². The number of carbonyl (C=O) groups excluding carboxylic acids is 1. The Bertz CT molecular complexity index is 622. The second-order valence-electron chi connectivity index (χ2n) is 6.04. The third-order valence-electron chi connectivity index (χ3n) is 4.30. The maximum Gasteiger partial charge on any atom is 0.255 e. The van der Waals surface area contributed by atoms with Crippen molar-refractivity contribution in [3.8, 4) is 0 Å². The van der Waals surface area contributed by atoms with E-state index in [1.165, 1.54) is 24.9 Å². The molecule has 0 unspecified atom stereocenters. The maximum atomic E-state index is 12.1. The minimum atomic E-state index is -0.0641. The van der Waals surface area contributed by atoms with Crippen molar-refractivity contribution < 1.29 is 4.79 Å². The Morgan fingerprint density at radius 2 is 1.82 bits per heavy atom. The predicted octanol–water partition coefficient (Wildman–Crippen LogP) is 3.75. The van der Waals surface area contributed by atoms with E-state index >= 15 is 0 Å². The summed E-state index contributed by atoms with van der Waals surface area (Å²) in [4.78, 5) is 14.5. The molecule has 3 rings (SSSR count). The third-order valence-corrected chi connectivity index (χ3v) is 4.30. The number of hydrogen-bond donors (Lipinski definition) is 1. The standard InChI is InChI=1S/C19H22N2O/c1-21-13-5-8-17(14-21)15-9-11-18(12-10-15)20-19(22)16-6-3-2-4-7-16/h2-4,6-7,9-12,17H,5,8,13-14H2,1H3,(H,20,22)/t17-/m1/s1. The molecule has 1 atom stereocenters. The van der Waals surface area contributed by atoms with Gasteiger partial charge in [0.1, 0.15) is 0 Å². The Labute approximate surface area is 132 Å². The molecule has 114 valence electrons. The van der Waals surface area contributed by atoms with Gasteiger partial charge in [-0.15, -0.1) is 0 Å². The van der Waals surface area contributed by atoms with Gasteiger partial charge in [-0.05, 0) is 62.2 Å². The number of anilines is 1. The number of carbonyl (C=O) groups is 1. The minimum Gasteiger partial charge on any atom is -0.322 e. The van der Waals surface area contributed by atoms with E-state index in [2.05, 4.69) is 29.4 Å². The Hall–Kier alpha value is -2.13. The highest BCUT2D eigenvalue weighted by Gasteiger charge is 2.18. The van der Waals surface area contributed by atoms with Gasteiger partial charge in [0.05, 0.1) is 0 Å². The number of benzene rings is 2. The molecule has 1 amide bonds. The molecule has 22 heavy (non-hydrogen) atoms. The number of likely N-dealkylation sites (tertiary alicyclic amines) is 1. The lowest BCUT2D eigenvalue weighted by atomic mass is 9.91. The van der Waals surface area contributed by atoms with Gasteiger partial charge in [-0.2, -0.15) is 0 Å². The fourth-order valence-corrected chi connectivity index (χ4v) is 3.07. The molecule has 2 aromatic carbocycles. The molecule has 0 aliphatic carbocycles. The molecule has 0 aromatic heterocycles. The van der Waals surface area contributed by atoms with Crippen LogP contribution in [0.1, 0.15) is 34.7 Å². The third kappa shape index (κ3) is 3.55. The van der Waals surface area contributed by atoms with Gasteiger partial charge in [0.15, 0.2) is 0 Å². The van der Waals surface area contributed by atoms with Gasteiger partial charge in [-0.1, -0.05) is 30.3 Å². The lowest BCUT2D eigenvalue weighted by Gasteiger charge is -2.30. The quantitative estimate of drug-likeness (QED) is 0.935. The van der Waals surface area contributed by atoms with Crippen LogP contribution in [0.5, 0.6) is 0 Å². The van der Waals surface area contributed by atoms with Gasteiger partial charge in [-0.25, -0.2) is 0 Å². The molecule has 1 N–H and O–H groups in total. The van der Waals surface area contributed by atoms with Crippen LogP contribution in [-0.2, 0) is 0 Å². The number of amides is 1. The van der Waals surface area contributed by atoms with Crippen LogP contribution in [-0.4, -0.2) is 30.9 Å². The summed E-state index contributed by atoms with van der Waals surface area (Å²) in [5.74, 6) is 0.545. The molecule has 3 heteroatoms. The second-order valence-corrected chi connectivity index (χ2v) is 6.04. The van der Waals surface area contributed by atoms with Crippen molar-refractivity contribution >= 4 is 11.6 Å². The second kappa shape index (κ2) is 6.75. The summed E-state index contributed by atoms with van der Waals surface area (Å²) in [6.07, 6.45) is 2.51. The van der Waals surface area contributed by atoms with Crippen LogP contribution < -0.4 is 5.32 Å². The van der Waals surface area contributed by atoms with Crippen LogP contribution in [0.2, 0.25) is 0 Å². The fraction of sp³-hybridized carbons (Fsp3) is 0.316. The largest absolute Gasteiger partial charge is 0.322 e. The van der Waals surface area contributed by atoms with E-state index in [9.17, 15) is 4.79 Å². The van der Waals surface area contributed by atoms with Gasteiger partial charge in [0.25, 0.3) is 5.91 Å². The highest BCUT2D eigenvalue weighted by Crippen LogP contribution is 2.27. The van der Waals surface area contributed by atoms with Crippen molar-refractivity contribution in [2.45, 2.75) is 18.8 Å². The number of hydrogen-bond acceptors (Lipinski definition) is 2. The highest BCUT2D eigenvalue weighted by molar-refractivity contribution is 6.04. The van der Waals surface area contributed by atoms with E-state index in [-0.39, 0.29) is 5.91 Å². The Morgan fingerprint density at radius 3 is 2.50 bits per heavy atom. The zero-order valence-corrected chi connectivity index (χ0v) is 13.0. The predicted molar refractivity (Wildman–Crippen MR) is 90.3 cm³/mol. The first-order valence-electron chi connectivity index (χ1n) is 7.87. The molecular weight excluding hydrogens is 272 g/mol. The van der Waals surface area contributed by atoms with Crippen LogP contribution in [0, 0.1) is 0 Å². The normalized spacial score (nSPS) is 18.9. The van der Waals surface area contributed by atoms with E-state index in [1.54, 1.807) is 0 Å². The monoisotopic (exact) mass is 294 g/mol. The number of likely N-dealkylation sites (N-methyl/N-ethyl adjacent to an activating group) is 1. The first-order chi connectivity index (χ1) is 10.7. The summed E-state index contributed by atoms with van der Waals surface area (Å²) in [6, 6.07) is 17.6. The molecule has 1 saturated heterocycles. The van der Waals surface area contributed by atoms with Crippen molar-refractivity contribution in [2.24, 2.45) is 0 Å². The molecular formula is C19H22N2O. The Balaban J connectivity index is 1.65. The van der Waals surface area contributed by atoms with Gasteiger partial charge < -0.3 is 10.2 Å². The van der Waals surface area contributed by atoms with Crippen molar-refractivity contribution in [1.82, 2.24) is 4.90 Å². The molecule has 0 saturated carbocycles. The molecule has 1 fully saturated rings. The molecule has 0 radical (unpaired) electrons. The van der Waals surface area contributed by atoms with E-state index in [1.807, 2.05) is 42.5 Å². The van der Waals surface area contributed by atoms with Crippen LogP contribution >= 0.6 is 0 Å². The summed E-state index contributed by atoms with van der Waals surface area (Å²) in [5, 5.41) is 2.95. The number of rotatable bonds is 3. The summed E-state index contributed by atoms with van der Waals surface area (Å²) < 4.78 is 0. The molecule has 1 heterocycles. The average Bonchev–Trinajstić information content (AvgIpc) is 2.56. The lowest BCUT2D eigenvalue weighted by molar-refractivity contribution is 0.102. The van der Waals surface area contributed by atoms with E-state index in [4.69, 9.17) is 0 Å². The van der Waals surface area contributed by atoms with Crippen LogP contribution in [0.4, 0.5) is 5.69 Å². The SMILES string of the molecule is CN1CCC[C@@H](c2ccc(NC(=O)c3ccccc3)cc2)C1. The first kappa shape index (κ1) is 14.8. The molecule has 1 aliphatic heterocycles.